The number of benzene rings is 5. The average molecular weight is 460 g/mol. The lowest BCUT2D eigenvalue weighted by Crippen LogP contribution is -2.61. The van der Waals surface area contributed by atoms with Crippen molar-refractivity contribution < 1.29 is 4.42 Å². The van der Waals surface area contributed by atoms with Gasteiger partial charge < -0.3 is 14.1 Å². The first-order valence-corrected chi connectivity index (χ1v) is 12.3. The molecule has 36 heavy (non-hydrogen) atoms. The molecule has 0 spiro atoms. The molecule has 0 N–H and O–H groups in total. The Labute approximate surface area is 209 Å². The van der Waals surface area contributed by atoms with Crippen LogP contribution in [-0.4, -0.2) is 6.85 Å². The number of hydrogen-bond donors (Lipinski definition) is 0. The molecule has 0 bridgehead atoms. The number of hydrogen-bond acceptors (Lipinski definition) is 3. The van der Waals surface area contributed by atoms with Gasteiger partial charge in [-0.15, -0.1) is 0 Å². The van der Waals surface area contributed by atoms with Gasteiger partial charge >= 0.3 is 6.85 Å². The van der Waals surface area contributed by atoms with Gasteiger partial charge in [0.2, 0.25) is 0 Å². The minimum Gasteiger partial charge on any atom is -0.466 e. The van der Waals surface area contributed by atoms with E-state index < -0.39 is 0 Å². The summed E-state index contributed by atoms with van der Waals surface area (Å²) < 4.78 is 6.77. The summed E-state index contributed by atoms with van der Waals surface area (Å²) in [6.07, 6.45) is 0. The molecule has 0 unspecified atom stereocenters. The number of anilines is 5. The van der Waals surface area contributed by atoms with E-state index in [1.807, 2.05) is 6.07 Å². The summed E-state index contributed by atoms with van der Waals surface area (Å²) in [7, 11) is 0. The largest absolute Gasteiger partial charge is 0.466 e. The Hall–Kier alpha value is -4.70. The predicted molar refractivity (Wildman–Crippen MR) is 150 cm³/mol. The normalized spacial score (nSPS) is 13.4. The summed E-state index contributed by atoms with van der Waals surface area (Å²) in [6, 6.07) is 45.1. The fourth-order valence-electron chi connectivity index (χ4n) is 6.01. The van der Waals surface area contributed by atoms with Gasteiger partial charge in [-0.25, -0.2) is 0 Å². The zero-order valence-corrected chi connectivity index (χ0v) is 19.5. The molecule has 0 fully saturated rings. The quantitative estimate of drug-likeness (QED) is 0.256. The molecule has 0 radical (unpaired) electrons. The van der Waals surface area contributed by atoms with Crippen molar-refractivity contribution in [3.8, 4) is 11.1 Å². The number of fused-ring (bicyclic) bond motifs is 6. The van der Waals surface area contributed by atoms with Crippen LogP contribution in [0.15, 0.2) is 132 Å². The molecule has 168 valence electrons. The molecule has 0 aliphatic carbocycles. The van der Waals surface area contributed by atoms with Gasteiger partial charge in [0, 0.05) is 33.7 Å². The standard InChI is InChI=1S/C32H21BN2O/c1-3-12-22(13-4-1)34-28-20-11-18-25-24-16-7-9-19-27(24)35(23-14-5-2-6-15-23)33(30(25)28)32-31(34)26-17-8-10-21-29(26)36-32/h1-21H. The van der Waals surface area contributed by atoms with Gasteiger partial charge in [0.05, 0.1) is 5.69 Å². The van der Waals surface area contributed by atoms with Crippen molar-refractivity contribution in [3.63, 3.8) is 0 Å². The maximum Gasteiger partial charge on any atom is 0.375 e. The van der Waals surface area contributed by atoms with Crippen LogP contribution in [0.2, 0.25) is 0 Å². The van der Waals surface area contributed by atoms with Crippen LogP contribution in [0.25, 0.3) is 22.1 Å². The molecule has 4 heteroatoms. The maximum absolute atomic E-state index is 6.77. The van der Waals surface area contributed by atoms with E-state index in [4.69, 9.17) is 4.42 Å². The zero-order chi connectivity index (χ0) is 23.6. The van der Waals surface area contributed by atoms with E-state index in [0.717, 1.165) is 33.7 Å². The number of furan rings is 1. The van der Waals surface area contributed by atoms with Crippen LogP contribution < -0.4 is 20.8 Å². The zero-order valence-electron chi connectivity index (χ0n) is 19.5. The molecule has 2 aliphatic rings. The number of nitrogens with zero attached hydrogens (tertiary/aromatic N) is 2. The Morgan fingerprint density at radius 2 is 1.17 bits per heavy atom. The van der Waals surface area contributed by atoms with Crippen LogP contribution in [0, 0.1) is 0 Å². The molecule has 0 saturated carbocycles. The first kappa shape index (κ1) is 19.6. The number of para-hydroxylation sites is 4. The smallest absolute Gasteiger partial charge is 0.375 e. The molecule has 0 atom stereocenters. The summed E-state index contributed by atoms with van der Waals surface area (Å²) >= 11 is 0. The lowest BCUT2D eigenvalue weighted by molar-refractivity contribution is 0.650. The Bertz CT molecular complexity index is 1760. The molecule has 2 aliphatic heterocycles. The van der Waals surface area contributed by atoms with Crippen molar-refractivity contribution in [2.45, 2.75) is 0 Å². The average Bonchev–Trinajstić information content (AvgIpc) is 3.33. The van der Waals surface area contributed by atoms with Gasteiger partial charge in [0.15, 0.2) is 0 Å². The van der Waals surface area contributed by atoms with E-state index in [0.29, 0.717) is 0 Å². The minimum absolute atomic E-state index is 0.0872. The van der Waals surface area contributed by atoms with E-state index in [2.05, 4.69) is 131 Å². The second-order valence-corrected chi connectivity index (χ2v) is 9.35. The molecule has 3 nitrogen and oxygen atoms in total. The van der Waals surface area contributed by atoms with Crippen molar-refractivity contribution >= 4 is 57.4 Å². The van der Waals surface area contributed by atoms with Crippen molar-refractivity contribution in [1.29, 1.82) is 0 Å². The molecular weight excluding hydrogens is 439 g/mol. The van der Waals surface area contributed by atoms with E-state index in [1.54, 1.807) is 0 Å². The van der Waals surface area contributed by atoms with Crippen LogP contribution >= 0.6 is 0 Å². The van der Waals surface area contributed by atoms with Gasteiger partial charge in [-0.1, -0.05) is 78.9 Å². The Kier molecular flexibility index (Phi) is 4.03. The highest BCUT2D eigenvalue weighted by molar-refractivity contribution is 6.93. The maximum atomic E-state index is 6.77. The summed E-state index contributed by atoms with van der Waals surface area (Å²) in [5.41, 5.74) is 11.4. The van der Waals surface area contributed by atoms with Gasteiger partial charge in [0.25, 0.3) is 0 Å². The predicted octanol–water partition coefficient (Wildman–Crippen LogP) is 7.14. The molecular formula is C32H21BN2O. The third kappa shape index (κ3) is 2.58. The van der Waals surface area contributed by atoms with Gasteiger partial charge in [-0.2, -0.15) is 0 Å². The second-order valence-electron chi connectivity index (χ2n) is 9.35. The molecule has 6 aromatic rings. The Balaban J connectivity index is 1.53. The highest BCUT2D eigenvalue weighted by Gasteiger charge is 2.47. The van der Waals surface area contributed by atoms with Crippen LogP contribution in [-0.2, 0) is 0 Å². The summed E-state index contributed by atoms with van der Waals surface area (Å²) in [6.45, 7) is -0.0872. The molecule has 5 aromatic carbocycles. The first-order valence-electron chi connectivity index (χ1n) is 12.3. The molecule has 3 heterocycles. The van der Waals surface area contributed by atoms with Crippen LogP contribution in [0.4, 0.5) is 28.4 Å². The van der Waals surface area contributed by atoms with Crippen molar-refractivity contribution in [2.75, 3.05) is 9.71 Å². The second kappa shape index (κ2) is 7.40. The molecule has 1 aromatic heterocycles. The third-order valence-electron chi connectivity index (χ3n) is 7.43. The van der Waals surface area contributed by atoms with Crippen molar-refractivity contribution in [2.24, 2.45) is 0 Å². The van der Waals surface area contributed by atoms with Crippen molar-refractivity contribution in [3.05, 3.63) is 127 Å². The summed E-state index contributed by atoms with van der Waals surface area (Å²) in [5.74, 6) is 0. The summed E-state index contributed by atoms with van der Waals surface area (Å²) in [5, 5.41) is 1.12. The lowest BCUT2D eigenvalue weighted by atomic mass is 9.46. The fourth-order valence-corrected chi connectivity index (χ4v) is 6.01. The van der Waals surface area contributed by atoms with Gasteiger partial charge in [0.1, 0.15) is 11.2 Å². The Morgan fingerprint density at radius 3 is 2.00 bits per heavy atom. The van der Waals surface area contributed by atoms with Gasteiger partial charge in [-0.05, 0) is 59.6 Å². The number of rotatable bonds is 2. The highest BCUT2D eigenvalue weighted by atomic mass is 16.3. The highest BCUT2D eigenvalue weighted by Crippen LogP contribution is 2.47. The monoisotopic (exact) mass is 460 g/mol. The van der Waals surface area contributed by atoms with E-state index in [9.17, 15) is 0 Å². The van der Waals surface area contributed by atoms with Crippen molar-refractivity contribution in [1.82, 2.24) is 0 Å². The summed E-state index contributed by atoms with van der Waals surface area (Å²) in [4.78, 5) is 4.83. The minimum atomic E-state index is -0.0872. The fraction of sp³-hybridized carbons (Fsp3) is 0. The van der Waals surface area contributed by atoms with Gasteiger partial charge in [-0.3, -0.25) is 0 Å². The Morgan fingerprint density at radius 1 is 0.528 bits per heavy atom. The van der Waals surface area contributed by atoms with Crippen LogP contribution in [0.5, 0.6) is 0 Å². The molecule has 0 saturated heterocycles. The first-order chi connectivity index (χ1) is 17.9. The van der Waals surface area contributed by atoms with E-state index >= 15 is 0 Å². The molecule has 8 rings (SSSR count). The lowest BCUT2D eigenvalue weighted by Gasteiger charge is -2.43. The van der Waals surface area contributed by atoms with Crippen LogP contribution in [0.1, 0.15) is 0 Å². The molecule has 0 amide bonds. The SMILES string of the molecule is c1ccc(N2B3c4oc5ccccc5c4N(c4ccccc4)c4cccc(c43)-c3ccccc32)cc1. The topological polar surface area (TPSA) is 19.6 Å². The van der Waals surface area contributed by atoms with Crippen LogP contribution in [0.3, 0.4) is 0 Å². The van der Waals surface area contributed by atoms with E-state index in [1.165, 1.54) is 28.0 Å². The van der Waals surface area contributed by atoms with E-state index in [-0.39, 0.29) is 6.85 Å². The third-order valence-corrected chi connectivity index (χ3v) is 7.43.